The first-order chi connectivity index (χ1) is 16.4. The Labute approximate surface area is 195 Å². The van der Waals surface area contributed by atoms with E-state index < -0.39 is 0 Å². The van der Waals surface area contributed by atoms with E-state index in [0.29, 0.717) is 11.1 Å². The molecule has 0 saturated heterocycles. The van der Waals surface area contributed by atoms with Crippen LogP contribution in [0.3, 0.4) is 0 Å². The van der Waals surface area contributed by atoms with Crippen molar-refractivity contribution < 1.29 is 30.6 Å². The van der Waals surface area contributed by atoms with Gasteiger partial charge in [-0.2, -0.15) is 0 Å². The van der Waals surface area contributed by atoms with Crippen molar-refractivity contribution in [1.29, 1.82) is 0 Å². The van der Waals surface area contributed by atoms with Gasteiger partial charge in [0.25, 0.3) is 0 Å². The van der Waals surface area contributed by atoms with Crippen LogP contribution in [0, 0.1) is 0 Å². The Kier molecular flexibility index (Phi) is 6.43. The Morgan fingerprint density at radius 1 is 0.471 bits per heavy atom. The summed E-state index contributed by atoms with van der Waals surface area (Å²) >= 11 is 0. The van der Waals surface area contributed by atoms with Crippen LogP contribution in [0.25, 0.3) is 21.5 Å². The van der Waals surface area contributed by atoms with E-state index in [1.165, 1.54) is 0 Å². The molecule has 172 valence electrons. The monoisotopic (exact) mass is 456 g/mol. The second kappa shape index (κ2) is 9.60. The van der Waals surface area contributed by atoms with Gasteiger partial charge >= 0.3 is 0 Å². The number of aliphatic hydroxyl groups excluding tert-OH is 1. The van der Waals surface area contributed by atoms with Crippen LogP contribution in [-0.4, -0.2) is 30.6 Å². The molecule has 6 heteroatoms. The Morgan fingerprint density at radius 3 is 1.32 bits per heavy atom. The molecule has 6 nitrogen and oxygen atoms in total. The number of rotatable bonds is 3. The quantitative estimate of drug-likeness (QED) is 0.219. The predicted molar refractivity (Wildman–Crippen MR) is 131 cm³/mol. The minimum absolute atomic E-state index is 0.0281. The molecule has 0 aliphatic carbocycles. The van der Waals surface area contributed by atoms with Crippen LogP contribution >= 0.6 is 0 Å². The fraction of sp³-hybridized carbons (Fsp3) is 0.0714. The van der Waals surface area contributed by atoms with Gasteiger partial charge in [-0.25, -0.2) is 0 Å². The molecule has 0 aliphatic rings. The van der Waals surface area contributed by atoms with E-state index >= 15 is 0 Å². The molecule has 0 aliphatic heterocycles. The van der Waals surface area contributed by atoms with Crippen molar-refractivity contribution in [3.05, 3.63) is 102 Å². The molecule has 5 aromatic rings. The third-order valence-electron chi connectivity index (χ3n) is 5.66. The Morgan fingerprint density at radius 2 is 0.882 bits per heavy atom. The number of fused-ring (bicyclic) bond motifs is 2. The molecule has 0 fully saturated rings. The zero-order valence-electron chi connectivity index (χ0n) is 18.2. The smallest absolute Gasteiger partial charge is 0.119 e. The van der Waals surface area contributed by atoms with Crippen molar-refractivity contribution in [2.75, 3.05) is 0 Å². The highest BCUT2D eigenvalue weighted by molar-refractivity contribution is 5.92. The maximum atomic E-state index is 10.4. The van der Waals surface area contributed by atoms with Gasteiger partial charge in [-0.3, -0.25) is 0 Å². The van der Waals surface area contributed by atoms with Crippen LogP contribution in [0.1, 0.15) is 16.7 Å². The highest BCUT2D eigenvalue weighted by Crippen LogP contribution is 2.36. The fourth-order valence-electron chi connectivity index (χ4n) is 3.87. The van der Waals surface area contributed by atoms with Crippen LogP contribution in [0.4, 0.5) is 0 Å². The van der Waals surface area contributed by atoms with Crippen LogP contribution in [-0.2, 0) is 13.0 Å². The lowest BCUT2D eigenvalue weighted by Gasteiger charge is -2.13. The first-order valence-electron chi connectivity index (χ1n) is 10.6. The molecule has 0 bridgehead atoms. The van der Waals surface area contributed by atoms with E-state index in [2.05, 4.69) is 0 Å². The maximum absolute atomic E-state index is 10.4. The third kappa shape index (κ3) is 4.82. The molecular formula is C28H24O6. The second-order valence-electron chi connectivity index (χ2n) is 7.94. The third-order valence-corrected chi connectivity index (χ3v) is 5.66. The first-order valence-corrected chi connectivity index (χ1v) is 10.6. The van der Waals surface area contributed by atoms with Crippen molar-refractivity contribution in [3.8, 4) is 28.7 Å². The summed E-state index contributed by atoms with van der Waals surface area (Å²) in [6.07, 6.45) is 0.263. The molecule has 0 amide bonds. The van der Waals surface area contributed by atoms with Gasteiger partial charge in [0.05, 0.1) is 6.61 Å². The lowest BCUT2D eigenvalue weighted by molar-refractivity contribution is 0.281. The van der Waals surface area contributed by atoms with Gasteiger partial charge in [0.1, 0.15) is 28.7 Å². The van der Waals surface area contributed by atoms with Crippen LogP contribution in [0.5, 0.6) is 28.7 Å². The normalized spacial score (nSPS) is 10.7. The largest absolute Gasteiger partial charge is 0.508 e. The van der Waals surface area contributed by atoms with Gasteiger partial charge in [0, 0.05) is 17.5 Å². The SMILES string of the molecule is OCc1ccc(O)cc1.Oc1ccc2ccc(O)c(Cc3c(O)ccc4ccc(O)cc34)c2c1. The van der Waals surface area contributed by atoms with Crippen molar-refractivity contribution in [3.63, 3.8) is 0 Å². The molecule has 0 unspecified atom stereocenters. The van der Waals surface area contributed by atoms with Crippen molar-refractivity contribution in [2.45, 2.75) is 13.0 Å². The second-order valence-corrected chi connectivity index (χ2v) is 7.94. The number of hydrogen-bond acceptors (Lipinski definition) is 6. The van der Waals surface area contributed by atoms with Gasteiger partial charge in [-0.15, -0.1) is 0 Å². The minimum Gasteiger partial charge on any atom is -0.508 e. The van der Waals surface area contributed by atoms with E-state index in [0.717, 1.165) is 27.1 Å². The Bertz CT molecular complexity index is 1360. The highest BCUT2D eigenvalue weighted by atomic mass is 16.3. The summed E-state index contributed by atoms with van der Waals surface area (Å²) in [4.78, 5) is 0. The van der Waals surface area contributed by atoms with E-state index in [1.54, 1.807) is 84.9 Å². The van der Waals surface area contributed by atoms with Gasteiger partial charge < -0.3 is 30.6 Å². The number of benzene rings is 5. The number of hydrogen-bond donors (Lipinski definition) is 6. The number of phenols is 5. The number of aliphatic hydroxyl groups is 1. The average molecular weight is 456 g/mol. The summed E-state index contributed by atoms with van der Waals surface area (Å²) < 4.78 is 0. The molecule has 0 saturated carbocycles. The van der Waals surface area contributed by atoms with Gasteiger partial charge in [-0.1, -0.05) is 36.4 Å². The zero-order chi connectivity index (χ0) is 24.2. The lowest BCUT2D eigenvalue weighted by atomic mass is 9.93. The predicted octanol–water partition coefficient (Wildman–Crippen LogP) is 5.29. The van der Waals surface area contributed by atoms with Crippen molar-refractivity contribution >= 4 is 21.5 Å². The summed E-state index contributed by atoms with van der Waals surface area (Å²) in [5.41, 5.74) is 2.03. The van der Waals surface area contributed by atoms with Gasteiger partial charge in [-0.05, 0) is 75.6 Å². The van der Waals surface area contributed by atoms with Crippen LogP contribution in [0.15, 0.2) is 84.9 Å². The molecule has 34 heavy (non-hydrogen) atoms. The van der Waals surface area contributed by atoms with Crippen LogP contribution in [0.2, 0.25) is 0 Å². The van der Waals surface area contributed by atoms with Gasteiger partial charge in [0.15, 0.2) is 0 Å². The molecule has 0 atom stereocenters. The van der Waals surface area contributed by atoms with E-state index in [-0.39, 0.29) is 41.8 Å². The maximum Gasteiger partial charge on any atom is 0.119 e. The van der Waals surface area contributed by atoms with Gasteiger partial charge in [0.2, 0.25) is 0 Å². The van der Waals surface area contributed by atoms with E-state index in [1.807, 2.05) is 0 Å². The van der Waals surface area contributed by atoms with Crippen LogP contribution < -0.4 is 0 Å². The first kappa shape index (κ1) is 22.8. The van der Waals surface area contributed by atoms with Crippen molar-refractivity contribution in [2.24, 2.45) is 0 Å². The fourth-order valence-corrected chi connectivity index (χ4v) is 3.87. The molecule has 5 rings (SSSR count). The molecule has 5 aromatic carbocycles. The number of aromatic hydroxyl groups is 5. The standard InChI is InChI=1S/C21H16O4.C7H8O2/c22-14-5-1-12-3-7-20(24)18(16(12)9-14)11-19-17-10-15(23)6-2-13(17)4-8-21(19)25;8-5-6-1-3-7(9)4-2-6/h1-10,22-25H,11H2;1-4,8-9H,5H2. The van der Waals surface area contributed by atoms with Crippen molar-refractivity contribution in [1.82, 2.24) is 0 Å². The summed E-state index contributed by atoms with van der Waals surface area (Å²) in [5, 5.41) is 60.9. The summed E-state index contributed by atoms with van der Waals surface area (Å²) in [6, 6.07) is 23.2. The Balaban J connectivity index is 0.000000257. The minimum atomic E-state index is 0.0281. The Hall–Kier alpha value is -4.42. The summed E-state index contributed by atoms with van der Waals surface area (Å²) in [5.74, 6) is 0.634. The zero-order valence-corrected chi connectivity index (χ0v) is 18.2. The summed E-state index contributed by atoms with van der Waals surface area (Å²) in [7, 11) is 0. The number of phenolic OH excluding ortho intramolecular Hbond substituents is 5. The average Bonchev–Trinajstić information content (AvgIpc) is 2.83. The van der Waals surface area contributed by atoms with E-state index in [4.69, 9.17) is 10.2 Å². The highest BCUT2D eigenvalue weighted by Gasteiger charge is 2.14. The summed E-state index contributed by atoms with van der Waals surface area (Å²) in [6.45, 7) is 0.0281. The topological polar surface area (TPSA) is 121 Å². The van der Waals surface area contributed by atoms with E-state index in [9.17, 15) is 20.4 Å². The molecule has 0 aromatic heterocycles. The lowest BCUT2D eigenvalue weighted by Crippen LogP contribution is -1.94. The molecular weight excluding hydrogens is 432 g/mol. The molecule has 0 heterocycles. The molecule has 0 spiro atoms. The molecule has 0 radical (unpaired) electrons. The molecule has 6 N–H and O–H groups in total.